The fourth-order valence-electron chi connectivity index (χ4n) is 5.54. The Balaban J connectivity index is 1.58. The molecular formula is C23H34N4O3. The number of carbonyl (C=O) groups is 2. The van der Waals surface area contributed by atoms with Crippen molar-refractivity contribution in [3.05, 3.63) is 35.9 Å². The first-order valence-electron chi connectivity index (χ1n) is 11.1. The number of hydrogen-bond acceptors (Lipinski definition) is 4. The average Bonchev–Trinajstić information content (AvgIpc) is 2.99. The Kier molecular flexibility index (Phi) is 5.53. The maximum absolute atomic E-state index is 13.3. The van der Waals surface area contributed by atoms with Gasteiger partial charge in [-0.1, -0.05) is 30.3 Å². The minimum atomic E-state index is -0.775. The summed E-state index contributed by atoms with van der Waals surface area (Å²) in [7, 11) is 3.60. The third-order valence-corrected chi connectivity index (χ3v) is 7.75. The first-order valence-corrected chi connectivity index (χ1v) is 11.1. The molecule has 2 aliphatic carbocycles. The summed E-state index contributed by atoms with van der Waals surface area (Å²) in [4.78, 5) is 28.9. The van der Waals surface area contributed by atoms with E-state index in [2.05, 4.69) is 34.9 Å². The van der Waals surface area contributed by atoms with Gasteiger partial charge in [0.05, 0.1) is 17.7 Å². The van der Waals surface area contributed by atoms with Gasteiger partial charge in [0.15, 0.2) is 0 Å². The van der Waals surface area contributed by atoms with Gasteiger partial charge in [0.25, 0.3) is 0 Å². The van der Waals surface area contributed by atoms with E-state index in [0.717, 1.165) is 44.9 Å². The third-order valence-electron chi connectivity index (χ3n) is 7.75. The molecule has 2 saturated carbocycles. The number of benzene rings is 1. The van der Waals surface area contributed by atoms with E-state index in [9.17, 15) is 14.7 Å². The van der Waals surface area contributed by atoms with Gasteiger partial charge in [0.2, 0.25) is 5.91 Å². The Morgan fingerprint density at radius 3 is 2.27 bits per heavy atom. The minimum Gasteiger partial charge on any atom is -0.388 e. The molecule has 164 valence electrons. The van der Waals surface area contributed by atoms with Crippen LogP contribution in [0.3, 0.4) is 0 Å². The monoisotopic (exact) mass is 414 g/mol. The third kappa shape index (κ3) is 3.58. The molecule has 7 nitrogen and oxygen atoms in total. The summed E-state index contributed by atoms with van der Waals surface area (Å²) in [5.74, 6) is -0.160. The zero-order valence-electron chi connectivity index (χ0n) is 18.1. The van der Waals surface area contributed by atoms with E-state index in [0.29, 0.717) is 13.1 Å². The second-order valence-corrected chi connectivity index (χ2v) is 9.40. The number of rotatable bonds is 6. The van der Waals surface area contributed by atoms with Crippen LogP contribution in [0.15, 0.2) is 30.3 Å². The molecule has 0 radical (unpaired) electrons. The summed E-state index contributed by atoms with van der Waals surface area (Å²) >= 11 is 0. The Morgan fingerprint density at radius 1 is 1.07 bits per heavy atom. The largest absolute Gasteiger partial charge is 0.388 e. The molecule has 30 heavy (non-hydrogen) atoms. The van der Waals surface area contributed by atoms with Gasteiger partial charge in [0, 0.05) is 19.1 Å². The molecule has 1 aliphatic heterocycles. The number of urea groups is 1. The maximum Gasteiger partial charge on any atom is 0.321 e. The van der Waals surface area contributed by atoms with Gasteiger partial charge < -0.3 is 25.5 Å². The number of nitrogens with one attached hydrogen (secondary N) is 2. The molecule has 1 saturated heterocycles. The molecule has 1 heterocycles. The van der Waals surface area contributed by atoms with Gasteiger partial charge >= 0.3 is 6.03 Å². The maximum atomic E-state index is 13.3. The average molecular weight is 415 g/mol. The van der Waals surface area contributed by atoms with Crippen molar-refractivity contribution in [2.24, 2.45) is 0 Å². The lowest BCUT2D eigenvalue weighted by Gasteiger charge is -2.50. The molecule has 3 aliphatic rings. The van der Waals surface area contributed by atoms with E-state index in [4.69, 9.17) is 0 Å². The van der Waals surface area contributed by atoms with Crippen molar-refractivity contribution < 1.29 is 14.7 Å². The van der Waals surface area contributed by atoms with E-state index in [-0.39, 0.29) is 29.6 Å². The number of carbonyl (C=O) groups excluding carboxylic acids is 2. The fraction of sp³-hybridized carbons (Fsp3) is 0.652. The van der Waals surface area contributed by atoms with Crippen molar-refractivity contribution >= 4 is 11.9 Å². The topological polar surface area (TPSA) is 84.9 Å². The van der Waals surface area contributed by atoms with Crippen LogP contribution in [0.2, 0.25) is 0 Å². The number of aliphatic hydroxyl groups is 1. The van der Waals surface area contributed by atoms with Crippen LogP contribution < -0.4 is 10.6 Å². The van der Waals surface area contributed by atoms with Gasteiger partial charge in [0.1, 0.15) is 6.54 Å². The molecular weight excluding hydrogens is 380 g/mol. The highest BCUT2D eigenvalue weighted by Gasteiger charge is 2.55. The van der Waals surface area contributed by atoms with E-state index in [1.54, 1.807) is 11.9 Å². The Labute approximate surface area is 178 Å². The van der Waals surface area contributed by atoms with Crippen LogP contribution >= 0.6 is 0 Å². The van der Waals surface area contributed by atoms with Crippen molar-refractivity contribution in [2.45, 2.75) is 61.6 Å². The number of β-amino-alcohol motifs (C(OH)–C–C–N with tert-alkyl or cyclic N) is 1. The normalized spacial score (nSPS) is 30.4. The SMILES string of the molecule is CNC(=O)CN1C[C@]2(CC[C@](NC)(c3ccccc3)CC2)N(CC2(O)CCC2)C1=O. The van der Waals surface area contributed by atoms with E-state index in [1.165, 1.54) is 5.56 Å². The summed E-state index contributed by atoms with van der Waals surface area (Å²) in [6.45, 7) is 0.986. The van der Waals surface area contributed by atoms with Crippen LogP contribution in [-0.4, -0.2) is 71.7 Å². The van der Waals surface area contributed by atoms with E-state index < -0.39 is 5.60 Å². The van der Waals surface area contributed by atoms with Crippen molar-refractivity contribution in [1.29, 1.82) is 0 Å². The van der Waals surface area contributed by atoms with Gasteiger partial charge in [-0.25, -0.2) is 4.79 Å². The van der Waals surface area contributed by atoms with Crippen molar-refractivity contribution in [3.63, 3.8) is 0 Å². The molecule has 1 aromatic carbocycles. The molecule has 0 unspecified atom stereocenters. The molecule has 0 atom stereocenters. The molecule has 0 aromatic heterocycles. The predicted octanol–water partition coefficient (Wildman–Crippen LogP) is 1.81. The number of amides is 3. The zero-order chi connectivity index (χ0) is 21.4. The van der Waals surface area contributed by atoms with E-state index >= 15 is 0 Å². The predicted molar refractivity (Wildman–Crippen MR) is 115 cm³/mol. The molecule has 7 heteroatoms. The Morgan fingerprint density at radius 2 is 1.73 bits per heavy atom. The molecule has 3 fully saturated rings. The van der Waals surface area contributed by atoms with Gasteiger partial charge in [-0.3, -0.25) is 4.79 Å². The molecule has 3 N–H and O–H groups in total. The number of likely N-dealkylation sites (N-methyl/N-ethyl adjacent to an activating group) is 1. The van der Waals surface area contributed by atoms with Crippen LogP contribution in [0, 0.1) is 0 Å². The summed E-state index contributed by atoms with van der Waals surface area (Å²) in [5, 5.41) is 17.0. The highest BCUT2D eigenvalue weighted by molar-refractivity contribution is 5.85. The lowest BCUT2D eigenvalue weighted by Crippen LogP contribution is -2.59. The Hall–Kier alpha value is -2.12. The Bertz CT molecular complexity index is 785. The second kappa shape index (κ2) is 7.85. The van der Waals surface area contributed by atoms with Crippen molar-refractivity contribution in [2.75, 3.05) is 33.7 Å². The quantitative estimate of drug-likeness (QED) is 0.663. The molecule has 3 amide bonds. The standard InChI is InChI=1S/C23H34N4O3/c1-24-19(28)15-26-16-21(27(20(26)29)17-22(30)9-6-10-22)11-13-23(25-2,14-12-21)18-7-4-3-5-8-18/h3-5,7-8,25,30H,6,9-17H2,1-2H3,(H,24,28)/t21-,23-. The van der Waals surface area contributed by atoms with Crippen LogP contribution in [0.1, 0.15) is 50.5 Å². The van der Waals surface area contributed by atoms with Crippen LogP contribution in [0.5, 0.6) is 0 Å². The highest BCUT2D eigenvalue weighted by Crippen LogP contribution is 2.48. The fourth-order valence-corrected chi connectivity index (χ4v) is 5.54. The zero-order valence-corrected chi connectivity index (χ0v) is 18.1. The van der Waals surface area contributed by atoms with Crippen LogP contribution in [0.25, 0.3) is 0 Å². The minimum absolute atomic E-state index is 0.0713. The second-order valence-electron chi connectivity index (χ2n) is 9.40. The summed E-state index contributed by atoms with van der Waals surface area (Å²) < 4.78 is 0. The van der Waals surface area contributed by atoms with Gasteiger partial charge in [-0.2, -0.15) is 0 Å². The van der Waals surface area contributed by atoms with Crippen molar-refractivity contribution in [3.8, 4) is 0 Å². The van der Waals surface area contributed by atoms with Crippen LogP contribution in [-0.2, 0) is 10.3 Å². The number of nitrogens with zero attached hydrogens (tertiary/aromatic N) is 2. The summed E-state index contributed by atoms with van der Waals surface area (Å²) in [5.41, 5.74) is 0.0647. The summed E-state index contributed by atoms with van der Waals surface area (Å²) in [6.07, 6.45) is 5.99. The lowest BCUT2D eigenvalue weighted by molar-refractivity contribution is -0.121. The highest BCUT2D eigenvalue weighted by atomic mass is 16.3. The smallest absolute Gasteiger partial charge is 0.321 e. The molecule has 1 aromatic rings. The van der Waals surface area contributed by atoms with E-state index in [1.807, 2.05) is 18.0 Å². The first-order chi connectivity index (χ1) is 14.4. The first kappa shape index (κ1) is 21.1. The molecule has 1 spiro atoms. The molecule has 0 bridgehead atoms. The molecule has 4 rings (SSSR count). The number of hydrogen-bond donors (Lipinski definition) is 3. The summed E-state index contributed by atoms with van der Waals surface area (Å²) in [6, 6.07) is 10.4. The van der Waals surface area contributed by atoms with Crippen molar-refractivity contribution in [1.82, 2.24) is 20.4 Å². The van der Waals surface area contributed by atoms with Crippen LogP contribution in [0.4, 0.5) is 4.79 Å². The van der Waals surface area contributed by atoms with Gasteiger partial charge in [-0.05, 0) is 57.6 Å². The van der Waals surface area contributed by atoms with Gasteiger partial charge in [-0.15, -0.1) is 0 Å². The lowest BCUT2D eigenvalue weighted by atomic mass is 9.68.